The monoisotopic (exact) mass is 414 g/mol. The summed E-state index contributed by atoms with van der Waals surface area (Å²) in [4.78, 5) is 8.58. The molecule has 1 heterocycles. The van der Waals surface area contributed by atoms with Crippen molar-refractivity contribution < 1.29 is 9.13 Å². The van der Waals surface area contributed by atoms with Crippen LogP contribution in [0.1, 0.15) is 0 Å². The molecule has 2 aromatic carbocycles. The Morgan fingerprint density at radius 1 is 1.14 bits per heavy atom. The molecule has 0 bridgehead atoms. The molecule has 0 spiro atoms. The van der Waals surface area contributed by atoms with Gasteiger partial charge in [0.2, 0.25) is 0 Å². The van der Waals surface area contributed by atoms with Crippen LogP contribution in [0, 0.1) is 9.39 Å². The van der Waals surface area contributed by atoms with Crippen molar-refractivity contribution in [1.29, 1.82) is 0 Å². The fourth-order valence-electron chi connectivity index (χ4n) is 1.99. The highest BCUT2D eigenvalue weighted by atomic mass is 127. The summed E-state index contributed by atoms with van der Waals surface area (Å²) in [6, 6.07) is 10.2. The van der Waals surface area contributed by atoms with Crippen LogP contribution in [-0.4, -0.2) is 17.1 Å². The Hall–Kier alpha value is -1.47. The van der Waals surface area contributed by atoms with E-state index in [0.717, 1.165) is 8.96 Å². The molecule has 0 unspecified atom stereocenters. The number of nitrogens with zero attached hydrogens (tertiary/aromatic N) is 2. The first kappa shape index (κ1) is 14.5. The van der Waals surface area contributed by atoms with E-state index in [0.29, 0.717) is 16.4 Å². The third kappa shape index (κ3) is 2.80. The molecule has 0 fully saturated rings. The summed E-state index contributed by atoms with van der Waals surface area (Å²) in [5.74, 6) is 0.252. The van der Waals surface area contributed by atoms with Gasteiger partial charge in [-0.1, -0.05) is 11.6 Å². The number of hydrogen-bond acceptors (Lipinski definition) is 3. The van der Waals surface area contributed by atoms with Gasteiger partial charge in [0.15, 0.2) is 5.82 Å². The highest BCUT2D eigenvalue weighted by molar-refractivity contribution is 14.1. The van der Waals surface area contributed by atoms with Crippen LogP contribution in [0.5, 0.6) is 5.75 Å². The first-order valence-corrected chi connectivity index (χ1v) is 7.51. The summed E-state index contributed by atoms with van der Waals surface area (Å²) >= 11 is 8.38. The molecule has 0 aliphatic heterocycles. The van der Waals surface area contributed by atoms with Crippen molar-refractivity contribution in [2.24, 2.45) is 0 Å². The van der Waals surface area contributed by atoms with Crippen molar-refractivity contribution in [1.82, 2.24) is 9.97 Å². The zero-order chi connectivity index (χ0) is 15.0. The minimum absolute atomic E-state index is 0.258. The maximum Gasteiger partial charge on any atom is 0.164 e. The standard InChI is InChI=1S/C15H9ClFIN2O/c1-21-9-3-4-10(12(17)7-9)15-19-13-5-2-8(18)6-11(13)14(16)20-15/h2-7H,1H3. The van der Waals surface area contributed by atoms with Gasteiger partial charge in [0.1, 0.15) is 16.7 Å². The molecular weight excluding hydrogens is 406 g/mol. The Kier molecular flexibility index (Phi) is 3.95. The predicted molar refractivity (Wildman–Crippen MR) is 89.2 cm³/mol. The molecule has 21 heavy (non-hydrogen) atoms. The SMILES string of the molecule is COc1ccc(-c2nc(Cl)c3cc(I)ccc3n2)c(F)c1. The number of fused-ring (bicyclic) bond motifs is 1. The van der Waals surface area contributed by atoms with Crippen LogP contribution in [0.25, 0.3) is 22.3 Å². The van der Waals surface area contributed by atoms with Crippen LogP contribution in [-0.2, 0) is 0 Å². The van der Waals surface area contributed by atoms with Crippen LogP contribution >= 0.6 is 34.2 Å². The number of ether oxygens (including phenoxy) is 1. The Bertz CT molecular complexity index is 841. The minimum Gasteiger partial charge on any atom is -0.497 e. The van der Waals surface area contributed by atoms with E-state index in [1.165, 1.54) is 13.2 Å². The van der Waals surface area contributed by atoms with E-state index in [1.54, 1.807) is 12.1 Å². The van der Waals surface area contributed by atoms with Crippen LogP contribution < -0.4 is 4.74 Å². The van der Waals surface area contributed by atoms with E-state index in [9.17, 15) is 4.39 Å². The molecule has 1 aromatic heterocycles. The maximum absolute atomic E-state index is 14.1. The van der Waals surface area contributed by atoms with Crippen LogP contribution in [0.15, 0.2) is 36.4 Å². The fourth-order valence-corrected chi connectivity index (χ4v) is 2.71. The number of aromatic nitrogens is 2. The summed E-state index contributed by atoms with van der Waals surface area (Å²) in [7, 11) is 1.49. The van der Waals surface area contributed by atoms with Crippen molar-refractivity contribution in [3.8, 4) is 17.1 Å². The van der Waals surface area contributed by atoms with Gasteiger partial charge in [0.25, 0.3) is 0 Å². The maximum atomic E-state index is 14.1. The highest BCUT2D eigenvalue weighted by Gasteiger charge is 2.13. The van der Waals surface area contributed by atoms with Gasteiger partial charge in [-0.05, 0) is 52.9 Å². The summed E-state index contributed by atoms with van der Waals surface area (Å²) in [6.07, 6.45) is 0. The molecule has 0 aliphatic carbocycles. The topological polar surface area (TPSA) is 35.0 Å². The van der Waals surface area contributed by atoms with Crippen molar-refractivity contribution in [3.05, 3.63) is 50.9 Å². The molecule has 3 nitrogen and oxygen atoms in total. The molecule has 3 rings (SSSR count). The van der Waals surface area contributed by atoms with E-state index in [1.807, 2.05) is 18.2 Å². The summed E-state index contributed by atoms with van der Waals surface area (Å²) in [5, 5.41) is 1.06. The van der Waals surface area contributed by atoms with Gasteiger partial charge in [-0.25, -0.2) is 14.4 Å². The summed E-state index contributed by atoms with van der Waals surface area (Å²) in [5.41, 5.74) is 0.971. The molecule has 3 aromatic rings. The molecule has 106 valence electrons. The summed E-state index contributed by atoms with van der Waals surface area (Å²) < 4.78 is 20.1. The number of hydrogen-bond donors (Lipinski definition) is 0. The number of benzene rings is 2. The Morgan fingerprint density at radius 3 is 2.67 bits per heavy atom. The first-order valence-electron chi connectivity index (χ1n) is 6.05. The van der Waals surface area contributed by atoms with Crippen molar-refractivity contribution in [2.75, 3.05) is 7.11 Å². The van der Waals surface area contributed by atoms with Gasteiger partial charge in [-0.2, -0.15) is 0 Å². The minimum atomic E-state index is -0.449. The van der Waals surface area contributed by atoms with Gasteiger partial charge in [-0.3, -0.25) is 0 Å². The fraction of sp³-hybridized carbons (Fsp3) is 0.0667. The quantitative estimate of drug-likeness (QED) is 0.450. The average Bonchev–Trinajstić information content (AvgIpc) is 2.47. The Balaban J connectivity index is 2.19. The zero-order valence-corrected chi connectivity index (χ0v) is 13.8. The van der Waals surface area contributed by atoms with Crippen molar-refractivity contribution >= 4 is 45.1 Å². The van der Waals surface area contributed by atoms with Crippen LogP contribution in [0.3, 0.4) is 0 Å². The van der Waals surface area contributed by atoms with Gasteiger partial charge in [0.05, 0.1) is 18.2 Å². The number of halogens is 3. The van der Waals surface area contributed by atoms with Gasteiger partial charge < -0.3 is 4.74 Å². The Morgan fingerprint density at radius 2 is 1.95 bits per heavy atom. The van der Waals surface area contributed by atoms with Gasteiger partial charge >= 0.3 is 0 Å². The second-order valence-electron chi connectivity index (χ2n) is 4.35. The van der Waals surface area contributed by atoms with E-state index in [2.05, 4.69) is 32.6 Å². The van der Waals surface area contributed by atoms with Crippen molar-refractivity contribution in [2.45, 2.75) is 0 Å². The van der Waals surface area contributed by atoms with E-state index >= 15 is 0 Å². The molecule has 0 N–H and O–H groups in total. The average molecular weight is 415 g/mol. The molecule has 0 atom stereocenters. The first-order chi connectivity index (χ1) is 10.1. The van der Waals surface area contributed by atoms with E-state index < -0.39 is 5.82 Å². The highest BCUT2D eigenvalue weighted by Crippen LogP contribution is 2.28. The van der Waals surface area contributed by atoms with Gasteiger partial charge in [0, 0.05) is 15.0 Å². The molecule has 0 aliphatic rings. The lowest BCUT2D eigenvalue weighted by atomic mass is 10.1. The predicted octanol–water partition coefficient (Wildman–Crippen LogP) is 4.70. The zero-order valence-electron chi connectivity index (χ0n) is 10.9. The third-order valence-electron chi connectivity index (χ3n) is 3.03. The second kappa shape index (κ2) is 5.73. The molecule has 0 amide bonds. The molecule has 0 radical (unpaired) electrons. The molecule has 6 heteroatoms. The molecular formula is C15H9ClFIN2O. The Labute approximate surface area is 139 Å². The van der Waals surface area contributed by atoms with Crippen molar-refractivity contribution in [3.63, 3.8) is 0 Å². The molecule has 0 saturated carbocycles. The third-order valence-corrected chi connectivity index (χ3v) is 3.99. The number of methoxy groups -OCH3 is 1. The number of rotatable bonds is 2. The summed E-state index contributed by atoms with van der Waals surface area (Å²) in [6.45, 7) is 0. The van der Waals surface area contributed by atoms with Crippen LogP contribution in [0.4, 0.5) is 4.39 Å². The largest absolute Gasteiger partial charge is 0.497 e. The van der Waals surface area contributed by atoms with Crippen LogP contribution in [0.2, 0.25) is 5.15 Å². The van der Waals surface area contributed by atoms with E-state index in [4.69, 9.17) is 16.3 Å². The molecule has 0 saturated heterocycles. The normalized spacial score (nSPS) is 10.9. The lowest BCUT2D eigenvalue weighted by Crippen LogP contribution is -1.95. The smallest absolute Gasteiger partial charge is 0.164 e. The second-order valence-corrected chi connectivity index (χ2v) is 5.95. The lowest BCUT2D eigenvalue weighted by molar-refractivity contribution is 0.411. The van der Waals surface area contributed by atoms with Gasteiger partial charge in [-0.15, -0.1) is 0 Å². The van der Waals surface area contributed by atoms with E-state index in [-0.39, 0.29) is 11.4 Å². The lowest BCUT2D eigenvalue weighted by Gasteiger charge is -2.07.